The molecule has 10 nitrogen and oxygen atoms in total. The first-order chi connectivity index (χ1) is 17.7. The van der Waals surface area contributed by atoms with Crippen LogP contribution >= 0.6 is 0 Å². The Morgan fingerprint density at radius 2 is 1.86 bits per heavy atom. The van der Waals surface area contributed by atoms with Gasteiger partial charge in [0.15, 0.2) is 23.0 Å². The molecular weight excluding hydrogens is 479 g/mol. The second-order valence-electron chi connectivity index (χ2n) is 10.2. The number of aromatic nitrogens is 5. The summed E-state index contributed by atoms with van der Waals surface area (Å²) in [6.45, 7) is 7.67. The lowest BCUT2D eigenvalue weighted by molar-refractivity contribution is 0.0574. The van der Waals surface area contributed by atoms with Crippen LogP contribution in [-0.2, 0) is 11.3 Å². The van der Waals surface area contributed by atoms with E-state index in [4.69, 9.17) is 14.2 Å². The number of anilines is 1. The maximum atomic E-state index is 15.3. The van der Waals surface area contributed by atoms with Crippen LogP contribution in [0.2, 0.25) is 0 Å². The van der Waals surface area contributed by atoms with Gasteiger partial charge in [-0.25, -0.2) is 19.2 Å². The van der Waals surface area contributed by atoms with Crippen LogP contribution < -0.4 is 14.4 Å². The number of aryl methyl sites for hydroxylation is 1. The third-order valence-corrected chi connectivity index (χ3v) is 6.27. The quantitative estimate of drug-likeness (QED) is 0.375. The molecule has 2 aliphatic heterocycles. The molecule has 0 saturated heterocycles. The minimum absolute atomic E-state index is 0.103. The Hall–Kier alpha value is -4.28. The zero-order valence-electron chi connectivity index (χ0n) is 20.9. The van der Waals surface area contributed by atoms with Crippen LogP contribution in [-0.4, -0.2) is 49.5 Å². The summed E-state index contributed by atoms with van der Waals surface area (Å²) in [5.41, 5.74) is 2.17. The van der Waals surface area contributed by atoms with Crippen molar-refractivity contribution in [3.8, 4) is 22.9 Å². The van der Waals surface area contributed by atoms with Gasteiger partial charge in [-0.15, -0.1) is 10.2 Å². The third-order valence-electron chi connectivity index (χ3n) is 6.27. The second-order valence-corrected chi connectivity index (χ2v) is 10.2. The summed E-state index contributed by atoms with van der Waals surface area (Å²) >= 11 is 0. The van der Waals surface area contributed by atoms with E-state index in [9.17, 15) is 4.79 Å². The van der Waals surface area contributed by atoms with Crippen LogP contribution in [0.4, 0.5) is 15.0 Å². The second kappa shape index (κ2) is 8.39. The molecule has 0 saturated carbocycles. The Kier molecular flexibility index (Phi) is 5.25. The van der Waals surface area contributed by atoms with E-state index in [1.54, 1.807) is 49.7 Å². The number of hydrogen-bond donors (Lipinski definition) is 0. The fourth-order valence-electron chi connectivity index (χ4n) is 4.67. The summed E-state index contributed by atoms with van der Waals surface area (Å²) in [6.07, 6.45) is 4.23. The zero-order chi connectivity index (χ0) is 25.9. The summed E-state index contributed by atoms with van der Waals surface area (Å²) < 4.78 is 34.8. The highest BCUT2D eigenvalue weighted by Crippen LogP contribution is 2.43. The number of halogens is 1. The van der Waals surface area contributed by atoms with Crippen molar-refractivity contribution in [1.29, 1.82) is 0 Å². The standard InChI is InChI=1S/C26H25FN6O4/c1-14-8-28-22(29-9-14)16-7-20-24(33-13-30-31-23(16)33)32(25(34)37-26(2,3)4)10-17-18(27)5-6-19-21(17)15(11-35-19)12-36-20/h5-9,13,15H,10-12H2,1-4H3/t15-/m1/s1. The summed E-state index contributed by atoms with van der Waals surface area (Å²) in [5.74, 6) is 1.04. The number of pyridine rings is 1. The van der Waals surface area contributed by atoms with Crippen molar-refractivity contribution in [3.05, 3.63) is 59.4 Å². The van der Waals surface area contributed by atoms with Gasteiger partial charge in [0.25, 0.3) is 0 Å². The molecule has 0 N–H and O–H groups in total. The van der Waals surface area contributed by atoms with E-state index in [0.717, 1.165) is 5.56 Å². The molecule has 0 spiro atoms. The lowest BCUT2D eigenvalue weighted by Crippen LogP contribution is -2.38. The highest BCUT2D eigenvalue weighted by molar-refractivity contribution is 5.91. The molecule has 0 aliphatic carbocycles. The van der Waals surface area contributed by atoms with Crippen LogP contribution in [0.1, 0.15) is 43.4 Å². The predicted octanol–water partition coefficient (Wildman–Crippen LogP) is 4.44. The van der Waals surface area contributed by atoms with Gasteiger partial charge in [-0.1, -0.05) is 0 Å². The van der Waals surface area contributed by atoms with Gasteiger partial charge in [0.2, 0.25) is 0 Å². The molecule has 1 amide bonds. The lowest BCUT2D eigenvalue weighted by atomic mass is 9.95. The molecule has 0 radical (unpaired) electrons. The summed E-state index contributed by atoms with van der Waals surface area (Å²) in [6, 6.07) is 4.71. The van der Waals surface area contributed by atoms with Crippen LogP contribution in [0.25, 0.3) is 17.0 Å². The molecular formula is C26H25FN6O4. The number of amides is 1. The minimum atomic E-state index is -0.790. The van der Waals surface area contributed by atoms with E-state index in [1.807, 2.05) is 6.92 Å². The summed E-state index contributed by atoms with van der Waals surface area (Å²) in [5, 5.41) is 8.37. The van der Waals surface area contributed by atoms with E-state index in [2.05, 4.69) is 20.2 Å². The molecule has 1 aromatic carbocycles. The van der Waals surface area contributed by atoms with Gasteiger partial charge in [-0.05, 0) is 51.5 Å². The maximum absolute atomic E-state index is 15.3. The van der Waals surface area contributed by atoms with Gasteiger partial charge in [0.1, 0.15) is 23.5 Å². The molecule has 0 bridgehead atoms. The molecule has 5 heterocycles. The number of carbonyl (C=O) groups is 1. The third kappa shape index (κ3) is 4.00. The Bertz CT molecular complexity index is 1530. The van der Waals surface area contributed by atoms with Gasteiger partial charge in [-0.3, -0.25) is 9.30 Å². The fourth-order valence-corrected chi connectivity index (χ4v) is 4.67. The number of nitrogens with zero attached hydrogens (tertiary/aromatic N) is 6. The largest absolute Gasteiger partial charge is 0.493 e. The monoisotopic (exact) mass is 504 g/mol. The predicted molar refractivity (Wildman–Crippen MR) is 131 cm³/mol. The molecule has 0 unspecified atom stereocenters. The molecule has 2 aliphatic rings. The number of hydrogen-bond acceptors (Lipinski definition) is 8. The first kappa shape index (κ1) is 23.1. The van der Waals surface area contributed by atoms with Gasteiger partial charge in [0.05, 0.1) is 31.2 Å². The van der Waals surface area contributed by atoms with Gasteiger partial charge in [-0.2, -0.15) is 0 Å². The van der Waals surface area contributed by atoms with Crippen LogP contribution in [0.3, 0.4) is 0 Å². The van der Waals surface area contributed by atoms with E-state index in [-0.39, 0.29) is 19.1 Å². The summed E-state index contributed by atoms with van der Waals surface area (Å²) in [4.78, 5) is 23.9. The molecule has 6 rings (SSSR count). The van der Waals surface area contributed by atoms with Crippen LogP contribution in [0.15, 0.2) is 36.9 Å². The Balaban J connectivity index is 1.59. The normalized spacial score (nSPS) is 16.7. The zero-order valence-corrected chi connectivity index (χ0v) is 20.9. The topological polar surface area (TPSA) is 104 Å². The number of benzene rings is 1. The Morgan fingerprint density at radius 1 is 1.14 bits per heavy atom. The maximum Gasteiger partial charge on any atom is 0.416 e. The van der Waals surface area contributed by atoms with E-state index >= 15 is 4.39 Å². The fraction of sp³-hybridized carbons (Fsp3) is 0.346. The molecule has 4 aromatic rings. The van der Waals surface area contributed by atoms with Crippen molar-refractivity contribution < 1.29 is 23.4 Å². The first-order valence-corrected chi connectivity index (χ1v) is 11.9. The molecule has 1 atom stereocenters. The summed E-state index contributed by atoms with van der Waals surface area (Å²) in [7, 11) is 0. The van der Waals surface area contributed by atoms with Crippen molar-refractivity contribution >= 4 is 17.6 Å². The number of fused-ring (bicyclic) bond motifs is 3. The number of rotatable bonds is 1. The van der Waals surface area contributed by atoms with Crippen molar-refractivity contribution in [2.24, 2.45) is 0 Å². The highest BCUT2D eigenvalue weighted by atomic mass is 19.1. The molecule has 11 heteroatoms. The van der Waals surface area contributed by atoms with Crippen molar-refractivity contribution in [1.82, 2.24) is 24.6 Å². The van der Waals surface area contributed by atoms with Gasteiger partial charge in [0, 0.05) is 23.5 Å². The molecule has 3 aromatic heterocycles. The van der Waals surface area contributed by atoms with Crippen molar-refractivity contribution in [3.63, 3.8) is 0 Å². The molecule has 0 fully saturated rings. The van der Waals surface area contributed by atoms with E-state index in [1.165, 1.54) is 17.3 Å². The van der Waals surface area contributed by atoms with Crippen LogP contribution in [0.5, 0.6) is 11.5 Å². The highest BCUT2D eigenvalue weighted by Gasteiger charge is 2.37. The molecule has 190 valence electrons. The van der Waals surface area contributed by atoms with Gasteiger partial charge >= 0.3 is 6.09 Å². The van der Waals surface area contributed by atoms with Crippen molar-refractivity contribution in [2.45, 2.75) is 45.8 Å². The average molecular weight is 505 g/mol. The van der Waals surface area contributed by atoms with E-state index in [0.29, 0.717) is 52.1 Å². The SMILES string of the molecule is Cc1cnc(-c2cc3c(n4cnnc24)N(C(=O)OC(C)(C)C)Cc2c(F)ccc4c2[C@H](CO4)CO3)nc1. The smallest absolute Gasteiger partial charge is 0.416 e. The number of carbonyl (C=O) groups excluding carboxylic acids is 1. The average Bonchev–Trinajstić information content (AvgIpc) is 3.49. The van der Waals surface area contributed by atoms with Crippen molar-refractivity contribution in [2.75, 3.05) is 18.1 Å². The molecule has 37 heavy (non-hydrogen) atoms. The van der Waals surface area contributed by atoms with Crippen LogP contribution in [0, 0.1) is 12.7 Å². The van der Waals surface area contributed by atoms with Gasteiger partial charge < -0.3 is 14.2 Å². The van der Waals surface area contributed by atoms with E-state index < -0.39 is 17.5 Å². The minimum Gasteiger partial charge on any atom is -0.493 e. The Morgan fingerprint density at radius 3 is 2.59 bits per heavy atom. The number of ether oxygens (including phenoxy) is 3. The Labute approximate surface area is 212 Å². The first-order valence-electron chi connectivity index (χ1n) is 11.9. The lowest BCUT2D eigenvalue weighted by Gasteiger charge is -2.29.